The first-order valence-electron chi connectivity index (χ1n) is 7.57. The Balaban J connectivity index is 2.36. The smallest absolute Gasteiger partial charge is 0.344 e. The Morgan fingerprint density at radius 3 is 2.57 bits per heavy atom. The van der Waals surface area contributed by atoms with E-state index >= 15 is 0 Å². The number of carbonyl (C=O) groups excluding carboxylic acids is 1. The minimum Gasteiger partial charge on any atom is -0.480 e. The molecule has 0 saturated carbocycles. The summed E-state index contributed by atoms with van der Waals surface area (Å²) in [7, 11) is 0. The molecule has 118 valence electrons. The third-order valence-electron chi connectivity index (χ3n) is 3.32. The molecule has 1 heterocycles. The zero-order valence-electron chi connectivity index (χ0n) is 13.5. The molecule has 0 unspecified atom stereocenters. The third-order valence-corrected chi connectivity index (χ3v) is 3.32. The Morgan fingerprint density at radius 2 is 1.95 bits per heavy atom. The Morgan fingerprint density at radius 1 is 1.24 bits per heavy atom. The maximum atomic E-state index is 11.7. The number of pyridine rings is 1. The van der Waals surface area contributed by atoms with Gasteiger partial charge in [-0.3, -0.25) is 4.98 Å². The summed E-state index contributed by atoms with van der Waals surface area (Å²) in [5.41, 5.74) is 1.81. The van der Waals surface area contributed by atoms with Gasteiger partial charge in [0.15, 0.2) is 6.61 Å². The van der Waals surface area contributed by atoms with Crippen molar-refractivity contribution in [1.82, 2.24) is 9.88 Å². The Kier molecular flexibility index (Phi) is 7.75. The molecule has 0 bridgehead atoms. The van der Waals surface area contributed by atoms with Crippen LogP contribution in [0.3, 0.4) is 0 Å². The number of carbonyl (C=O) groups is 1. The number of hydrogen-bond acceptors (Lipinski definition) is 5. The summed E-state index contributed by atoms with van der Waals surface area (Å²) in [6.07, 6.45) is 0.772. The van der Waals surface area contributed by atoms with Crippen LogP contribution < -0.4 is 4.74 Å². The number of hydrogen-bond donors (Lipinski definition) is 0. The number of aryl methyl sites for hydroxylation is 2. The van der Waals surface area contributed by atoms with E-state index < -0.39 is 0 Å². The number of likely N-dealkylation sites (N-methyl/N-ethyl adjacent to an activating group) is 1. The molecule has 1 aromatic rings. The lowest BCUT2D eigenvalue weighted by atomic mass is 10.2. The van der Waals surface area contributed by atoms with Gasteiger partial charge in [-0.15, -0.1) is 0 Å². The maximum Gasteiger partial charge on any atom is 0.344 e. The highest BCUT2D eigenvalue weighted by Gasteiger charge is 2.09. The SMILES string of the molecule is CCc1nc(C)ccc1OCC(=O)OCCN(CC)CC. The summed E-state index contributed by atoms with van der Waals surface area (Å²) in [5.74, 6) is 0.313. The maximum absolute atomic E-state index is 11.7. The lowest BCUT2D eigenvalue weighted by Gasteiger charge is -2.17. The fraction of sp³-hybridized carbons (Fsp3) is 0.625. The molecule has 0 N–H and O–H groups in total. The average Bonchev–Trinajstić information content (AvgIpc) is 2.50. The number of rotatable bonds is 9. The van der Waals surface area contributed by atoms with E-state index in [9.17, 15) is 4.79 Å². The van der Waals surface area contributed by atoms with E-state index in [2.05, 4.69) is 23.7 Å². The average molecular weight is 294 g/mol. The monoisotopic (exact) mass is 294 g/mol. The van der Waals surface area contributed by atoms with Crippen LogP contribution in [0, 0.1) is 6.92 Å². The molecule has 0 saturated heterocycles. The van der Waals surface area contributed by atoms with Crippen molar-refractivity contribution < 1.29 is 14.3 Å². The molecule has 0 spiro atoms. The first-order chi connectivity index (χ1) is 10.1. The van der Waals surface area contributed by atoms with E-state index in [1.165, 1.54) is 0 Å². The lowest BCUT2D eigenvalue weighted by Crippen LogP contribution is -2.28. The summed E-state index contributed by atoms with van der Waals surface area (Å²) < 4.78 is 10.7. The van der Waals surface area contributed by atoms with Crippen molar-refractivity contribution in [2.75, 3.05) is 32.8 Å². The highest BCUT2D eigenvalue weighted by atomic mass is 16.6. The normalized spacial score (nSPS) is 10.7. The molecule has 0 aromatic carbocycles. The van der Waals surface area contributed by atoms with E-state index in [0.29, 0.717) is 12.4 Å². The van der Waals surface area contributed by atoms with E-state index in [-0.39, 0.29) is 12.6 Å². The number of esters is 1. The van der Waals surface area contributed by atoms with Crippen molar-refractivity contribution >= 4 is 5.97 Å². The van der Waals surface area contributed by atoms with Gasteiger partial charge >= 0.3 is 5.97 Å². The molecular weight excluding hydrogens is 268 g/mol. The van der Waals surface area contributed by atoms with Gasteiger partial charge < -0.3 is 14.4 Å². The largest absolute Gasteiger partial charge is 0.480 e. The van der Waals surface area contributed by atoms with Crippen molar-refractivity contribution in [1.29, 1.82) is 0 Å². The van der Waals surface area contributed by atoms with Crippen LogP contribution in [0.1, 0.15) is 32.2 Å². The highest BCUT2D eigenvalue weighted by molar-refractivity contribution is 5.71. The van der Waals surface area contributed by atoms with Crippen molar-refractivity contribution in [3.8, 4) is 5.75 Å². The minimum absolute atomic E-state index is 0.0734. The molecule has 5 heteroatoms. The van der Waals surface area contributed by atoms with Gasteiger partial charge in [-0.05, 0) is 38.6 Å². The Labute approximate surface area is 127 Å². The van der Waals surface area contributed by atoms with E-state index in [4.69, 9.17) is 9.47 Å². The lowest BCUT2D eigenvalue weighted by molar-refractivity contribution is -0.146. The van der Waals surface area contributed by atoms with Gasteiger partial charge in [0.25, 0.3) is 0 Å². The minimum atomic E-state index is -0.343. The van der Waals surface area contributed by atoms with Crippen LogP contribution in [0.15, 0.2) is 12.1 Å². The fourth-order valence-corrected chi connectivity index (χ4v) is 1.99. The van der Waals surface area contributed by atoms with Crippen LogP contribution in [0.5, 0.6) is 5.75 Å². The first-order valence-corrected chi connectivity index (χ1v) is 7.57. The highest BCUT2D eigenvalue weighted by Crippen LogP contribution is 2.17. The van der Waals surface area contributed by atoms with Crippen LogP contribution >= 0.6 is 0 Å². The molecular formula is C16H26N2O3. The summed E-state index contributed by atoms with van der Waals surface area (Å²) >= 11 is 0. The standard InChI is InChI=1S/C16H26N2O3/c1-5-14-15(9-8-13(4)17-14)21-12-16(19)20-11-10-18(6-2)7-3/h8-9H,5-7,10-12H2,1-4H3. The van der Waals surface area contributed by atoms with Gasteiger partial charge in [0, 0.05) is 12.2 Å². The van der Waals surface area contributed by atoms with Crippen molar-refractivity contribution in [2.24, 2.45) is 0 Å². The van der Waals surface area contributed by atoms with E-state index in [0.717, 1.165) is 37.4 Å². The zero-order valence-corrected chi connectivity index (χ0v) is 13.5. The third kappa shape index (κ3) is 6.12. The second-order valence-corrected chi connectivity index (χ2v) is 4.79. The molecule has 0 atom stereocenters. The number of aromatic nitrogens is 1. The molecule has 5 nitrogen and oxygen atoms in total. The molecule has 0 aliphatic heterocycles. The molecule has 1 aromatic heterocycles. The Hall–Kier alpha value is -1.62. The van der Waals surface area contributed by atoms with E-state index in [1.54, 1.807) is 0 Å². The quantitative estimate of drug-likeness (QED) is 0.654. The van der Waals surface area contributed by atoms with Crippen LogP contribution in [0.4, 0.5) is 0 Å². The molecule has 21 heavy (non-hydrogen) atoms. The number of ether oxygens (including phenoxy) is 2. The zero-order chi connectivity index (χ0) is 15.7. The second-order valence-electron chi connectivity index (χ2n) is 4.79. The molecule has 0 aliphatic carbocycles. The first kappa shape index (κ1) is 17.4. The fourth-order valence-electron chi connectivity index (χ4n) is 1.99. The number of nitrogens with zero attached hydrogens (tertiary/aromatic N) is 2. The van der Waals surface area contributed by atoms with Gasteiger partial charge in [-0.2, -0.15) is 0 Å². The van der Waals surface area contributed by atoms with Gasteiger partial charge in [-0.1, -0.05) is 20.8 Å². The van der Waals surface area contributed by atoms with Crippen molar-refractivity contribution in [3.05, 3.63) is 23.5 Å². The molecule has 1 rings (SSSR count). The predicted molar refractivity (Wildman–Crippen MR) is 82.6 cm³/mol. The van der Waals surface area contributed by atoms with Crippen molar-refractivity contribution in [2.45, 2.75) is 34.1 Å². The summed E-state index contributed by atoms with van der Waals surface area (Å²) in [4.78, 5) is 18.2. The van der Waals surface area contributed by atoms with Gasteiger partial charge in [0.1, 0.15) is 12.4 Å². The molecule has 0 aliphatic rings. The van der Waals surface area contributed by atoms with Crippen LogP contribution in [-0.2, 0) is 16.0 Å². The van der Waals surface area contributed by atoms with E-state index in [1.807, 2.05) is 26.0 Å². The summed E-state index contributed by atoms with van der Waals surface area (Å²) in [6.45, 7) is 11.1. The van der Waals surface area contributed by atoms with Crippen LogP contribution in [0.25, 0.3) is 0 Å². The van der Waals surface area contributed by atoms with Gasteiger partial charge in [0.2, 0.25) is 0 Å². The second kappa shape index (κ2) is 9.34. The Bertz CT molecular complexity index is 445. The van der Waals surface area contributed by atoms with Crippen LogP contribution in [-0.4, -0.2) is 48.7 Å². The summed E-state index contributed by atoms with van der Waals surface area (Å²) in [6, 6.07) is 3.73. The predicted octanol–water partition coefficient (Wildman–Crippen LogP) is 2.22. The van der Waals surface area contributed by atoms with Gasteiger partial charge in [-0.25, -0.2) is 4.79 Å². The molecule has 0 radical (unpaired) electrons. The molecule has 0 fully saturated rings. The summed E-state index contributed by atoms with van der Waals surface area (Å²) in [5, 5.41) is 0. The van der Waals surface area contributed by atoms with Crippen molar-refractivity contribution in [3.63, 3.8) is 0 Å². The van der Waals surface area contributed by atoms with Crippen LogP contribution in [0.2, 0.25) is 0 Å². The molecule has 0 amide bonds. The topological polar surface area (TPSA) is 51.7 Å². The van der Waals surface area contributed by atoms with Gasteiger partial charge in [0.05, 0.1) is 5.69 Å².